The van der Waals surface area contributed by atoms with Crippen molar-refractivity contribution in [2.75, 3.05) is 19.8 Å². The van der Waals surface area contributed by atoms with Crippen LogP contribution < -0.4 is 0 Å². The van der Waals surface area contributed by atoms with Crippen LogP contribution in [0.5, 0.6) is 0 Å². The minimum absolute atomic E-state index is 0.00893. The van der Waals surface area contributed by atoms with Crippen molar-refractivity contribution < 1.29 is 89.4 Å². The molecule has 3 heterocycles. The summed E-state index contributed by atoms with van der Waals surface area (Å²) >= 11 is 0. The first kappa shape index (κ1) is 51.1. The van der Waals surface area contributed by atoms with Crippen molar-refractivity contribution in [2.45, 2.75) is 211 Å². The molecule has 66 heavy (non-hydrogen) atoms. The molecule has 18 heteroatoms. The number of fused-ring (bicyclic) bond motifs is 7. The molecule has 7 fully saturated rings. The second kappa shape index (κ2) is 17.8. The Morgan fingerprint density at radius 2 is 1.29 bits per heavy atom. The lowest BCUT2D eigenvalue weighted by atomic mass is 9.33. The molecule has 0 radical (unpaired) electrons. The van der Waals surface area contributed by atoms with E-state index in [0.717, 1.165) is 24.8 Å². The number of aliphatic hydroxyl groups is 11. The Morgan fingerprint density at radius 1 is 0.667 bits per heavy atom. The number of hydrogen-bond acceptors (Lipinski definition) is 18. The minimum Gasteiger partial charge on any atom is -0.396 e. The number of carbonyl (C=O) groups excluding carboxylic acids is 1. The summed E-state index contributed by atoms with van der Waals surface area (Å²) in [6.45, 7) is 15.4. The van der Waals surface area contributed by atoms with Crippen LogP contribution in [0, 0.1) is 50.2 Å². The number of allylic oxidation sites excluding steroid dienone is 2. The molecule has 0 spiro atoms. The third-order valence-electron chi connectivity index (χ3n) is 19.2. The molecule has 0 amide bonds. The van der Waals surface area contributed by atoms with E-state index in [0.29, 0.717) is 32.1 Å². The fraction of sp³-hybridized carbons (Fsp3) is 0.938. The van der Waals surface area contributed by atoms with E-state index in [2.05, 4.69) is 48.5 Å². The molecule has 11 N–H and O–H groups in total. The molecule has 8 rings (SSSR count). The van der Waals surface area contributed by atoms with E-state index >= 15 is 0 Å². The molecule has 18 nitrogen and oxygen atoms in total. The van der Waals surface area contributed by atoms with Crippen LogP contribution in [0.2, 0.25) is 0 Å². The zero-order chi connectivity index (χ0) is 48.4. The van der Waals surface area contributed by atoms with Gasteiger partial charge in [0.2, 0.25) is 0 Å². The van der Waals surface area contributed by atoms with Crippen molar-refractivity contribution in [2.24, 2.45) is 50.2 Å². The number of ether oxygens (including phenoxy) is 6. The molecule has 0 aromatic heterocycles. The molecule has 0 bridgehead atoms. The molecule has 378 valence electrons. The highest BCUT2D eigenvalue weighted by Crippen LogP contribution is 2.75. The number of carbonyl (C=O) groups is 1. The Hall–Kier alpha value is -1.27. The first-order chi connectivity index (χ1) is 30.7. The second-order valence-corrected chi connectivity index (χ2v) is 23.6. The smallest absolute Gasteiger partial charge is 0.187 e. The SMILES string of the molecule is C[C@@H]1O[C@@H](O[C@H]2[C@H](O)[C@@H](O)[C@H](O[C@H]3CC[C@@]4(C)[C@H](CC[C@]5(C)[C@@H]4C(=O)C=C4[C@H]6CC(C)(C)CC[C@]6(CO)[C@H](O)C[C@]45C)C3(C)C)O[C@@H]2CO[C@@H]2O[C@H](CO)[C@@H](O)[C@H](O)[C@H]2O)[C@H](O)[C@H](O)[C@H]1O. The summed E-state index contributed by atoms with van der Waals surface area (Å²) in [6.07, 6.45) is -17.6. The van der Waals surface area contributed by atoms with Crippen LogP contribution in [-0.4, -0.2) is 186 Å². The molecule has 3 saturated heterocycles. The maximum atomic E-state index is 15.0. The maximum absolute atomic E-state index is 15.0. The molecule has 0 aromatic rings. The van der Waals surface area contributed by atoms with Gasteiger partial charge < -0.3 is 84.6 Å². The van der Waals surface area contributed by atoms with Gasteiger partial charge in [0.1, 0.15) is 67.1 Å². The van der Waals surface area contributed by atoms with Gasteiger partial charge in [-0.3, -0.25) is 4.79 Å². The van der Waals surface area contributed by atoms with E-state index < -0.39 is 145 Å². The second-order valence-electron chi connectivity index (χ2n) is 23.6. The highest BCUT2D eigenvalue weighted by atomic mass is 16.8. The fourth-order valence-electron chi connectivity index (χ4n) is 14.9. The minimum atomic E-state index is -1.79. The summed E-state index contributed by atoms with van der Waals surface area (Å²) in [5, 5.41) is 119. The number of aliphatic hydroxyl groups excluding tert-OH is 11. The molecule has 0 aromatic carbocycles. The molecule has 3 aliphatic heterocycles. The van der Waals surface area contributed by atoms with Gasteiger partial charge in [-0.1, -0.05) is 54.0 Å². The summed E-state index contributed by atoms with van der Waals surface area (Å²) in [7, 11) is 0. The first-order valence-corrected chi connectivity index (χ1v) is 24.2. The van der Waals surface area contributed by atoms with Gasteiger partial charge >= 0.3 is 0 Å². The highest BCUT2D eigenvalue weighted by molar-refractivity contribution is 5.95. The summed E-state index contributed by atoms with van der Waals surface area (Å²) < 4.78 is 36.1. The lowest BCUT2D eigenvalue weighted by Crippen LogP contribution is -2.69. The average Bonchev–Trinajstić information content (AvgIpc) is 3.25. The molecular formula is C48H78O18. The molecular weight excluding hydrogens is 865 g/mol. The quantitative estimate of drug-likeness (QED) is 0.133. The van der Waals surface area contributed by atoms with Gasteiger partial charge in [-0.05, 0) is 103 Å². The Bertz CT molecular complexity index is 1810. The maximum Gasteiger partial charge on any atom is 0.187 e. The van der Waals surface area contributed by atoms with Crippen LogP contribution in [-0.2, 0) is 33.2 Å². The van der Waals surface area contributed by atoms with Crippen LogP contribution in [0.25, 0.3) is 0 Å². The van der Waals surface area contributed by atoms with Gasteiger partial charge in [-0.15, -0.1) is 0 Å². The Labute approximate surface area is 387 Å². The fourth-order valence-corrected chi connectivity index (χ4v) is 14.9. The van der Waals surface area contributed by atoms with E-state index in [4.69, 9.17) is 28.4 Å². The molecule has 8 aliphatic rings. The van der Waals surface area contributed by atoms with Gasteiger partial charge in [0.25, 0.3) is 0 Å². The summed E-state index contributed by atoms with van der Waals surface area (Å²) in [4.78, 5) is 15.0. The average molecular weight is 943 g/mol. The Kier molecular flexibility index (Phi) is 13.8. The van der Waals surface area contributed by atoms with Crippen molar-refractivity contribution in [1.82, 2.24) is 0 Å². The highest BCUT2D eigenvalue weighted by Gasteiger charge is 2.72. The zero-order valence-electron chi connectivity index (χ0n) is 39.7. The van der Waals surface area contributed by atoms with Crippen molar-refractivity contribution in [3.63, 3.8) is 0 Å². The monoisotopic (exact) mass is 943 g/mol. The van der Waals surface area contributed by atoms with E-state index in [1.54, 1.807) is 0 Å². The summed E-state index contributed by atoms with van der Waals surface area (Å²) in [5.41, 5.74) is -1.72. The van der Waals surface area contributed by atoms with E-state index in [1.165, 1.54) is 6.92 Å². The van der Waals surface area contributed by atoms with E-state index in [9.17, 15) is 61.0 Å². The number of rotatable bonds is 9. The van der Waals surface area contributed by atoms with Gasteiger partial charge in [0, 0.05) is 11.3 Å². The molecule has 5 aliphatic carbocycles. The Balaban J connectivity index is 1.04. The van der Waals surface area contributed by atoms with Crippen molar-refractivity contribution in [3.8, 4) is 0 Å². The molecule has 0 unspecified atom stereocenters. The molecule has 4 saturated carbocycles. The number of ketones is 1. The van der Waals surface area contributed by atoms with Crippen LogP contribution in [0.15, 0.2) is 11.6 Å². The van der Waals surface area contributed by atoms with Crippen LogP contribution in [0.3, 0.4) is 0 Å². The van der Waals surface area contributed by atoms with Crippen molar-refractivity contribution >= 4 is 5.78 Å². The lowest BCUT2D eigenvalue weighted by Gasteiger charge is -2.71. The topological polar surface area (TPSA) is 295 Å². The normalized spacial score (nSPS) is 54.6. The standard InChI is InChI=1S/C48H78O18/c1-21-30(53)32(55)36(59)41(62-21)66-38-26(19-61-40-35(58)33(56)31(54)25(18-49)63-40)64-42(37(60)34(38)57)65-29-10-11-45(6)27(44(29,4)5)9-12-46(7)39(45)24(51)15-22-23-16-43(2,3)13-14-48(23,20-50)28(52)17-47(22,46)8/h15,21,23,25-42,49-50,52-60H,9-14,16-20H2,1-8H3/t21-,23+,25+,26+,27+,28+,29-,30-,31+,32+,33-,34+,35+,36+,37+,38+,39+,40+,41-,42-,45-,46+,47+,48+/m0/s1. The van der Waals surface area contributed by atoms with E-state index in [1.807, 2.05) is 6.08 Å². The van der Waals surface area contributed by atoms with Crippen LogP contribution in [0.1, 0.15) is 107 Å². The predicted molar refractivity (Wildman–Crippen MR) is 230 cm³/mol. The van der Waals surface area contributed by atoms with Gasteiger partial charge in [0.05, 0.1) is 38.1 Å². The lowest BCUT2D eigenvalue weighted by molar-refractivity contribution is -0.373. The van der Waals surface area contributed by atoms with Gasteiger partial charge in [-0.2, -0.15) is 0 Å². The van der Waals surface area contributed by atoms with Crippen molar-refractivity contribution in [1.29, 1.82) is 0 Å². The van der Waals surface area contributed by atoms with Crippen molar-refractivity contribution in [3.05, 3.63) is 11.6 Å². The summed E-state index contributed by atoms with van der Waals surface area (Å²) in [6, 6.07) is 0. The van der Waals surface area contributed by atoms with E-state index in [-0.39, 0.29) is 35.6 Å². The predicted octanol–water partition coefficient (Wildman–Crippen LogP) is -0.209. The number of hydrogen-bond donors (Lipinski definition) is 11. The largest absolute Gasteiger partial charge is 0.396 e. The van der Waals surface area contributed by atoms with Gasteiger partial charge in [-0.25, -0.2) is 0 Å². The summed E-state index contributed by atoms with van der Waals surface area (Å²) in [5.74, 6) is -0.457. The third-order valence-corrected chi connectivity index (χ3v) is 19.2. The third kappa shape index (κ3) is 7.83. The van der Waals surface area contributed by atoms with Crippen LogP contribution in [0.4, 0.5) is 0 Å². The van der Waals surface area contributed by atoms with Gasteiger partial charge in [0.15, 0.2) is 24.7 Å². The molecule has 24 atom stereocenters. The first-order valence-electron chi connectivity index (χ1n) is 24.2. The van der Waals surface area contributed by atoms with Crippen LogP contribution >= 0.6 is 0 Å². The zero-order valence-corrected chi connectivity index (χ0v) is 39.7. The Morgan fingerprint density at radius 3 is 1.95 bits per heavy atom.